The van der Waals surface area contributed by atoms with E-state index < -0.39 is 0 Å². The molecule has 1 unspecified atom stereocenters. The number of nitrogens with two attached hydrogens (primary N) is 1. The Kier molecular flexibility index (Phi) is 4.18. The minimum absolute atomic E-state index is 0.128. The molecule has 0 bridgehead atoms. The second-order valence-corrected chi connectivity index (χ2v) is 5.58. The van der Waals surface area contributed by atoms with Gasteiger partial charge in [-0.05, 0) is 30.7 Å². The first-order valence-electron chi connectivity index (χ1n) is 6.33. The van der Waals surface area contributed by atoms with E-state index in [-0.39, 0.29) is 18.0 Å². The van der Waals surface area contributed by atoms with Crippen LogP contribution in [0.15, 0.2) is 17.5 Å². The lowest BCUT2D eigenvalue weighted by Gasteiger charge is -2.26. The van der Waals surface area contributed by atoms with E-state index in [1.54, 1.807) is 11.3 Å². The molecular weight excluding hydrogens is 232 g/mol. The Hall–Kier alpha value is -0.870. The van der Waals surface area contributed by atoms with E-state index in [1.165, 1.54) is 4.88 Å². The molecule has 4 heteroatoms. The lowest BCUT2D eigenvalue weighted by atomic mass is 10.1. The van der Waals surface area contributed by atoms with Crippen LogP contribution >= 0.6 is 11.3 Å². The lowest BCUT2D eigenvalue weighted by molar-refractivity contribution is -0.133. The topological polar surface area (TPSA) is 46.3 Å². The molecule has 17 heavy (non-hydrogen) atoms. The molecule has 0 aliphatic carbocycles. The third-order valence-electron chi connectivity index (χ3n) is 3.32. The van der Waals surface area contributed by atoms with E-state index in [1.807, 2.05) is 11.0 Å². The molecule has 2 N–H and O–H groups in total. The molecule has 1 aliphatic heterocycles. The van der Waals surface area contributed by atoms with Gasteiger partial charge >= 0.3 is 0 Å². The third-order valence-corrected chi connectivity index (χ3v) is 4.30. The highest BCUT2D eigenvalue weighted by atomic mass is 32.1. The zero-order valence-corrected chi connectivity index (χ0v) is 11.1. The summed E-state index contributed by atoms with van der Waals surface area (Å²) in [6, 6.07) is 4.12. The number of carbonyl (C=O) groups excluding carboxylic acids is 1. The molecule has 1 fully saturated rings. The van der Waals surface area contributed by atoms with Gasteiger partial charge in [0.15, 0.2) is 0 Å². The molecule has 2 rings (SSSR count). The first kappa shape index (κ1) is 12.6. The van der Waals surface area contributed by atoms with Crippen molar-refractivity contribution in [1.82, 2.24) is 4.90 Å². The van der Waals surface area contributed by atoms with Crippen LogP contribution in [0.2, 0.25) is 0 Å². The summed E-state index contributed by atoms with van der Waals surface area (Å²) in [5.41, 5.74) is 5.94. The van der Waals surface area contributed by atoms with Gasteiger partial charge in [0.2, 0.25) is 5.91 Å². The molecular formula is C13H20N2OS. The van der Waals surface area contributed by atoms with Gasteiger partial charge in [-0.25, -0.2) is 0 Å². The van der Waals surface area contributed by atoms with Gasteiger partial charge in [-0.15, -0.1) is 11.3 Å². The number of hydrogen-bond donors (Lipinski definition) is 1. The maximum atomic E-state index is 12.2. The first-order chi connectivity index (χ1) is 8.24. The number of carbonyl (C=O) groups is 1. The van der Waals surface area contributed by atoms with Gasteiger partial charge in [-0.1, -0.05) is 19.4 Å². The van der Waals surface area contributed by atoms with Crippen molar-refractivity contribution in [3.63, 3.8) is 0 Å². The monoisotopic (exact) mass is 252 g/mol. The molecule has 3 nitrogen and oxygen atoms in total. The summed E-state index contributed by atoms with van der Waals surface area (Å²) in [7, 11) is 0. The Bertz CT molecular complexity index is 364. The van der Waals surface area contributed by atoms with Crippen molar-refractivity contribution in [2.45, 2.75) is 44.7 Å². The molecule has 0 aromatic carbocycles. The average molecular weight is 252 g/mol. The second-order valence-electron chi connectivity index (χ2n) is 4.60. The fraction of sp³-hybridized carbons (Fsp3) is 0.615. The van der Waals surface area contributed by atoms with E-state index in [2.05, 4.69) is 18.4 Å². The Morgan fingerprint density at radius 1 is 1.71 bits per heavy atom. The largest absolute Gasteiger partial charge is 0.333 e. The fourth-order valence-corrected chi connectivity index (χ4v) is 3.33. The maximum absolute atomic E-state index is 12.2. The number of nitrogens with zero attached hydrogens (tertiary/aromatic N) is 1. The minimum Gasteiger partial charge on any atom is -0.333 e. The lowest BCUT2D eigenvalue weighted by Crippen LogP contribution is -2.43. The highest BCUT2D eigenvalue weighted by molar-refractivity contribution is 7.10. The summed E-state index contributed by atoms with van der Waals surface area (Å²) in [6.07, 6.45) is 3.91. The maximum Gasteiger partial charge on any atom is 0.240 e. The Morgan fingerprint density at radius 3 is 3.18 bits per heavy atom. The summed E-state index contributed by atoms with van der Waals surface area (Å²) in [5, 5.41) is 2.07. The highest BCUT2D eigenvalue weighted by Gasteiger charge is 2.32. The molecule has 2 atom stereocenters. The second kappa shape index (κ2) is 5.65. The van der Waals surface area contributed by atoms with Crippen LogP contribution in [0.4, 0.5) is 0 Å². The summed E-state index contributed by atoms with van der Waals surface area (Å²) in [6.45, 7) is 2.92. The molecule has 1 aliphatic rings. The number of thiophene rings is 1. The van der Waals surface area contributed by atoms with E-state index in [0.29, 0.717) is 0 Å². The van der Waals surface area contributed by atoms with Gasteiger partial charge in [0.1, 0.15) is 0 Å². The molecule has 1 aromatic rings. The van der Waals surface area contributed by atoms with Crippen LogP contribution in [0, 0.1) is 0 Å². The summed E-state index contributed by atoms with van der Waals surface area (Å²) in [4.78, 5) is 15.5. The van der Waals surface area contributed by atoms with Gasteiger partial charge in [0.25, 0.3) is 0 Å². The SMILES string of the molecule is CCC[C@H](N)C(=O)N1CCCC1c1cccs1. The van der Waals surface area contributed by atoms with Crippen LogP contribution in [0.5, 0.6) is 0 Å². The molecule has 0 radical (unpaired) electrons. The summed E-state index contributed by atoms with van der Waals surface area (Å²) in [5.74, 6) is 0.128. The van der Waals surface area contributed by atoms with Crippen molar-refractivity contribution in [2.24, 2.45) is 5.73 Å². The predicted molar refractivity (Wildman–Crippen MR) is 70.9 cm³/mol. The minimum atomic E-state index is -0.319. The van der Waals surface area contributed by atoms with Crippen molar-refractivity contribution in [3.05, 3.63) is 22.4 Å². The van der Waals surface area contributed by atoms with Crippen LogP contribution in [0.1, 0.15) is 43.5 Å². The zero-order valence-electron chi connectivity index (χ0n) is 10.3. The van der Waals surface area contributed by atoms with Crippen molar-refractivity contribution in [1.29, 1.82) is 0 Å². The fourth-order valence-electron chi connectivity index (χ4n) is 2.45. The normalized spacial score (nSPS) is 21.8. The third kappa shape index (κ3) is 2.69. The van der Waals surface area contributed by atoms with E-state index >= 15 is 0 Å². The Labute approximate surface area is 107 Å². The highest BCUT2D eigenvalue weighted by Crippen LogP contribution is 2.34. The van der Waals surface area contributed by atoms with Crippen LogP contribution in [-0.4, -0.2) is 23.4 Å². The van der Waals surface area contributed by atoms with E-state index in [4.69, 9.17) is 5.73 Å². The van der Waals surface area contributed by atoms with Crippen LogP contribution in [-0.2, 0) is 4.79 Å². The van der Waals surface area contributed by atoms with Crippen molar-refractivity contribution in [3.8, 4) is 0 Å². The van der Waals surface area contributed by atoms with Crippen LogP contribution < -0.4 is 5.73 Å². The van der Waals surface area contributed by atoms with Crippen molar-refractivity contribution in [2.75, 3.05) is 6.54 Å². The first-order valence-corrected chi connectivity index (χ1v) is 7.21. The molecule has 2 heterocycles. The molecule has 94 valence electrons. The standard InChI is InChI=1S/C13H20N2OS/c1-2-5-10(14)13(16)15-8-3-6-11(15)12-7-4-9-17-12/h4,7,9-11H,2-3,5-6,8,14H2,1H3/t10-,11?/m0/s1. The smallest absolute Gasteiger partial charge is 0.240 e. The number of likely N-dealkylation sites (tertiary alicyclic amines) is 1. The van der Waals surface area contributed by atoms with Gasteiger partial charge in [-0.2, -0.15) is 0 Å². The van der Waals surface area contributed by atoms with Crippen molar-refractivity contribution >= 4 is 17.2 Å². The molecule has 1 amide bonds. The Balaban J connectivity index is 2.07. The number of rotatable bonds is 4. The molecule has 0 spiro atoms. The molecule has 1 saturated heterocycles. The summed E-state index contributed by atoms with van der Waals surface area (Å²) >= 11 is 1.73. The van der Waals surface area contributed by atoms with Crippen LogP contribution in [0.25, 0.3) is 0 Å². The van der Waals surface area contributed by atoms with E-state index in [0.717, 1.165) is 32.2 Å². The van der Waals surface area contributed by atoms with Gasteiger partial charge in [0, 0.05) is 11.4 Å². The van der Waals surface area contributed by atoms with Gasteiger partial charge in [0.05, 0.1) is 12.1 Å². The zero-order chi connectivity index (χ0) is 12.3. The molecule has 0 saturated carbocycles. The number of amides is 1. The average Bonchev–Trinajstić information content (AvgIpc) is 2.98. The number of hydrogen-bond acceptors (Lipinski definition) is 3. The predicted octanol–water partition coefficient (Wildman–Crippen LogP) is 2.54. The van der Waals surface area contributed by atoms with Crippen molar-refractivity contribution < 1.29 is 4.79 Å². The van der Waals surface area contributed by atoms with Crippen LogP contribution in [0.3, 0.4) is 0 Å². The Morgan fingerprint density at radius 2 is 2.53 bits per heavy atom. The van der Waals surface area contributed by atoms with Gasteiger partial charge in [-0.3, -0.25) is 4.79 Å². The molecule has 1 aromatic heterocycles. The quantitative estimate of drug-likeness (QED) is 0.895. The summed E-state index contributed by atoms with van der Waals surface area (Å²) < 4.78 is 0. The van der Waals surface area contributed by atoms with E-state index in [9.17, 15) is 4.79 Å². The van der Waals surface area contributed by atoms with Gasteiger partial charge < -0.3 is 10.6 Å².